The van der Waals surface area contributed by atoms with Crippen molar-refractivity contribution in [1.82, 2.24) is 9.99 Å². The van der Waals surface area contributed by atoms with Gasteiger partial charge in [-0.05, 0) is 80.2 Å². The van der Waals surface area contributed by atoms with E-state index in [2.05, 4.69) is 83.8 Å². The number of rotatable bonds is 4. The van der Waals surface area contributed by atoms with Gasteiger partial charge in [-0.2, -0.15) is 5.10 Å². The lowest BCUT2D eigenvalue weighted by Crippen LogP contribution is -2.52. The molecule has 4 aliphatic rings. The summed E-state index contributed by atoms with van der Waals surface area (Å²) in [4.78, 5) is 4.18. The number of aromatic nitrogens is 1. The van der Waals surface area contributed by atoms with Gasteiger partial charge in [0.15, 0.2) is 0 Å². The number of hydrazone groups is 1. The minimum atomic E-state index is 0.00182. The Morgan fingerprint density at radius 2 is 1.83 bits per heavy atom. The molecule has 2 aromatic rings. The molecule has 0 amide bonds. The zero-order valence-corrected chi connectivity index (χ0v) is 20.5. The molecule has 178 valence electrons. The Morgan fingerprint density at radius 3 is 2.51 bits per heavy atom. The predicted molar refractivity (Wildman–Crippen MR) is 143 cm³/mol. The third-order valence-corrected chi connectivity index (χ3v) is 8.36. The van der Waals surface area contributed by atoms with E-state index in [1.807, 2.05) is 12.4 Å². The van der Waals surface area contributed by atoms with Crippen molar-refractivity contribution >= 4 is 11.3 Å². The molecule has 2 unspecified atom stereocenters. The first-order valence-corrected chi connectivity index (χ1v) is 13.0. The standard InChI is InChI=1S/C31H34N4/c1-22-8-13-27-20-29(24-14-18-33-19-15-24)34-35(27)21-28(23-6-3-2-4-7-23)30(22)25-9-11-26(12-10-25)31(32)16-5-17-31/h2-4,6-7,9-11,14-15,18-19,21,26-27H,5,8,12-13,16-17,20,32H2,1H3. The fourth-order valence-corrected chi connectivity index (χ4v) is 6.03. The molecule has 4 nitrogen and oxygen atoms in total. The molecular formula is C31H34N4. The zero-order chi connectivity index (χ0) is 23.8. The second-order valence-electron chi connectivity index (χ2n) is 10.6. The Kier molecular flexibility index (Phi) is 5.77. The Bertz CT molecular complexity index is 1250. The van der Waals surface area contributed by atoms with Crippen LogP contribution in [0.1, 0.15) is 63.0 Å². The van der Waals surface area contributed by atoms with Crippen LogP contribution >= 0.6 is 0 Å². The lowest BCUT2D eigenvalue weighted by Gasteiger charge is -2.44. The summed E-state index contributed by atoms with van der Waals surface area (Å²) < 4.78 is 0. The van der Waals surface area contributed by atoms with Gasteiger partial charge in [0.25, 0.3) is 0 Å². The second kappa shape index (κ2) is 9.09. The average Bonchev–Trinajstić information content (AvgIpc) is 3.28. The van der Waals surface area contributed by atoms with Gasteiger partial charge in [0, 0.05) is 41.7 Å². The molecule has 35 heavy (non-hydrogen) atoms. The van der Waals surface area contributed by atoms with Crippen molar-refractivity contribution in [3.8, 4) is 0 Å². The largest absolute Gasteiger partial charge is 0.325 e. The summed E-state index contributed by atoms with van der Waals surface area (Å²) in [5, 5.41) is 7.32. The first-order chi connectivity index (χ1) is 17.1. The van der Waals surface area contributed by atoms with E-state index < -0.39 is 0 Å². The van der Waals surface area contributed by atoms with Crippen LogP contribution in [0.5, 0.6) is 0 Å². The number of allylic oxidation sites excluding steroid dienone is 6. The van der Waals surface area contributed by atoms with Gasteiger partial charge in [-0.3, -0.25) is 9.99 Å². The van der Waals surface area contributed by atoms with Gasteiger partial charge < -0.3 is 5.73 Å². The molecule has 2 N–H and O–H groups in total. The molecule has 0 bridgehead atoms. The van der Waals surface area contributed by atoms with E-state index >= 15 is 0 Å². The van der Waals surface area contributed by atoms with Crippen LogP contribution in [-0.2, 0) is 0 Å². The minimum Gasteiger partial charge on any atom is -0.325 e. The third-order valence-electron chi connectivity index (χ3n) is 8.36. The van der Waals surface area contributed by atoms with Crippen molar-refractivity contribution in [2.24, 2.45) is 16.8 Å². The van der Waals surface area contributed by atoms with Crippen molar-refractivity contribution < 1.29 is 0 Å². The van der Waals surface area contributed by atoms with Crippen molar-refractivity contribution in [3.05, 3.63) is 107 Å². The molecule has 2 aliphatic heterocycles. The number of benzene rings is 1. The molecule has 1 fully saturated rings. The van der Waals surface area contributed by atoms with Gasteiger partial charge >= 0.3 is 0 Å². The number of fused-ring (bicyclic) bond motifs is 1. The van der Waals surface area contributed by atoms with E-state index in [1.54, 1.807) is 0 Å². The van der Waals surface area contributed by atoms with Crippen molar-refractivity contribution in [2.75, 3.05) is 0 Å². The maximum Gasteiger partial charge on any atom is 0.0704 e. The molecular weight excluding hydrogens is 428 g/mol. The molecule has 1 saturated carbocycles. The van der Waals surface area contributed by atoms with Crippen LogP contribution in [0.3, 0.4) is 0 Å². The fraction of sp³-hybridized carbons (Fsp3) is 0.355. The minimum absolute atomic E-state index is 0.00182. The van der Waals surface area contributed by atoms with E-state index in [4.69, 9.17) is 10.8 Å². The van der Waals surface area contributed by atoms with Crippen LogP contribution in [-0.4, -0.2) is 27.3 Å². The number of hydrogen-bond donors (Lipinski definition) is 1. The summed E-state index contributed by atoms with van der Waals surface area (Å²) >= 11 is 0. The summed E-state index contributed by atoms with van der Waals surface area (Å²) in [6.07, 6.45) is 20.9. The normalized spacial score (nSPS) is 25.7. The number of hydrogen-bond acceptors (Lipinski definition) is 4. The molecule has 0 spiro atoms. The van der Waals surface area contributed by atoms with Crippen molar-refractivity contribution in [3.63, 3.8) is 0 Å². The third kappa shape index (κ3) is 4.21. The highest BCUT2D eigenvalue weighted by Gasteiger charge is 2.39. The van der Waals surface area contributed by atoms with E-state index in [9.17, 15) is 0 Å². The highest BCUT2D eigenvalue weighted by Crippen LogP contribution is 2.43. The highest BCUT2D eigenvalue weighted by molar-refractivity contribution is 6.01. The van der Waals surface area contributed by atoms with E-state index in [0.29, 0.717) is 12.0 Å². The Labute approximate surface area is 208 Å². The predicted octanol–water partition coefficient (Wildman–Crippen LogP) is 6.40. The first-order valence-electron chi connectivity index (χ1n) is 13.0. The summed E-state index contributed by atoms with van der Waals surface area (Å²) in [6.45, 7) is 2.32. The number of nitrogens with two attached hydrogens (primary N) is 1. The van der Waals surface area contributed by atoms with Gasteiger partial charge in [-0.1, -0.05) is 54.1 Å². The lowest BCUT2D eigenvalue weighted by atomic mass is 9.66. The number of pyridine rings is 1. The SMILES string of the molecule is CC1=C(C2=CCC(C3(N)CCC3)C=C2)C(c2ccccc2)=CN2N=C(c3ccncc3)CC2CC1. The molecule has 0 saturated heterocycles. The summed E-state index contributed by atoms with van der Waals surface area (Å²) in [6, 6.07) is 15.3. The van der Waals surface area contributed by atoms with Crippen LogP contribution in [0.2, 0.25) is 0 Å². The van der Waals surface area contributed by atoms with Gasteiger partial charge in [-0.25, -0.2) is 0 Å². The van der Waals surface area contributed by atoms with Gasteiger partial charge in [0.2, 0.25) is 0 Å². The van der Waals surface area contributed by atoms with Gasteiger partial charge in [0.1, 0.15) is 0 Å². The summed E-state index contributed by atoms with van der Waals surface area (Å²) in [7, 11) is 0. The van der Waals surface area contributed by atoms with Crippen LogP contribution in [0.4, 0.5) is 0 Å². The highest BCUT2D eigenvalue weighted by atomic mass is 15.5. The van der Waals surface area contributed by atoms with Crippen LogP contribution < -0.4 is 5.73 Å². The average molecular weight is 463 g/mol. The van der Waals surface area contributed by atoms with Crippen LogP contribution in [0.25, 0.3) is 5.57 Å². The molecule has 1 aromatic heterocycles. The molecule has 0 radical (unpaired) electrons. The monoisotopic (exact) mass is 462 g/mol. The lowest BCUT2D eigenvalue weighted by molar-refractivity contribution is 0.183. The van der Waals surface area contributed by atoms with E-state index in [0.717, 1.165) is 44.2 Å². The summed E-state index contributed by atoms with van der Waals surface area (Å²) in [5.74, 6) is 0.453. The number of nitrogens with zero attached hydrogens (tertiary/aromatic N) is 3. The smallest absolute Gasteiger partial charge is 0.0704 e. The van der Waals surface area contributed by atoms with E-state index in [-0.39, 0.29) is 5.54 Å². The molecule has 3 heterocycles. The summed E-state index contributed by atoms with van der Waals surface area (Å²) in [5.41, 5.74) is 15.6. The molecule has 2 aliphatic carbocycles. The van der Waals surface area contributed by atoms with E-state index in [1.165, 1.54) is 39.8 Å². The maximum absolute atomic E-state index is 6.68. The van der Waals surface area contributed by atoms with Crippen molar-refractivity contribution in [1.29, 1.82) is 0 Å². The Hall–Kier alpha value is -3.24. The van der Waals surface area contributed by atoms with Crippen LogP contribution in [0, 0.1) is 5.92 Å². The van der Waals surface area contributed by atoms with Crippen molar-refractivity contribution in [2.45, 2.75) is 63.5 Å². The zero-order valence-electron chi connectivity index (χ0n) is 20.5. The second-order valence-corrected chi connectivity index (χ2v) is 10.6. The van der Waals surface area contributed by atoms with Gasteiger partial charge in [-0.15, -0.1) is 0 Å². The fourth-order valence-electron chi connectivity index (χ4n) is 6.03. The topological polar surface area (TPSA) is 54.5 Å². The molecule has 6 rings (SSSR count). The van der Waals surface area contributed by atoms with Crippen LogP contribution in [0.15, 0.2) is 101 Å². The Balaban J connectivity index is 1.39. The molecule has 1 aromatic carbocycles. The quantitative estimate of drug-likeness (QED) is 0.572. The molecule has 2 atom stereocenters. The first kappa shape index (κ1) is 22.2. The van der Waals surface area contributed by atoms with Gasteiger partial charge in [0.05, 0.1) is 11.8 Å². The Morgan fingerprint density at radius 1 is 1.03 bits per heavy atom. The maximum atomic E-state index is 6.68. The molecule has 4 heteroatoms.